The van der Waals surface area contributed by atoms with Crippen molar-refractivity contribution in [3.8, 4) is 86.2 Å². The van der Waals surface area contributed by atoms with Crippen molar-refractivity contribution in [3.63, 3.8) is 0 Å². The molecular formula is C43H32O20. The molecule has 0 unspecified atom stereocenters. The summed E-state index contributed by atoms with van der Waals surface area (Å²) in [6.07, 6.45) is -4.29. The molecule has 0 spiro atoms. The Morgan fingerprint density at radius 2 is 0.905 bits per heavy atom. The van der Waals surface area contributed by atoms with Crippen molar-refractivity contribution in [2.45, 2.75) is 37.3 Å². The molecule has 2 heterocycles. The maximum atomic E-state index is 14.0. The van der Waals surface area contributed by atoms with E-state index in [4.69, 9.17) is 18.9 Å². The molecule has 6 aromatic carbocycles. The zero-order chi connectivity index (χ0) is 45.3. The first-order chi connectivity index (χ1) is 29.8. The Labute approximate surface area is 351 Å². The lowest BCUT2D eigenvalue weighted by Gasteiger charge is -2.34. The minimum absolute atomic E-state index is 0.0192. The average Bonchev–Trinajstić information content (AvgIpc) is 3.34. The maximum absolute atomic E-state index is 14.0. The molecule has 0 radical (unpaired) electrons. The van der Waals surface area contributed by atoms with Gasteiger partial charge in [-0.1, -0.05) is 0 Å². The summed E-state index contributed by atoms with van der Waals surface area (Å²) in [6, 6.07) is 10.3. The van der Waals surface area contributed by atoms with E-state index in [1.54, 1.807) is 0 Å². The number of carbonyl (C=O) groups is 2. The molecule has 4 atom stereocenters. The van der Waals surface area contributed by atoms with Crippen LogP contribution in [0.5, 0.6) is 86.2 Å². The average molecular weight is 869 g/mol. The highest BCUT2D eigenvalue weighted by molar-refractivity contribution is 5.95. The van der Waals surface area contributed by atoms with Crippen molar-refractivity contribution in [2.24, 2.45) is 0 Å². The normalized spacial score (nSPS) is 17.7. The van der Waals surface area contributed by atoms with Crippen molar-refractivity contribution in [2.75, 3.05) is 0 Å². The van der Waals surface area contributed by atoms with Crippen molar-refractivity contribution in [3.05, 3.63) is 110 Å². The Hall–Kier alpha value is -8.81. The summed E-state index contributed by atoms with van der Waals surface area (Å²) < 4.78 is 23.3. The van der Waals surface area contributed by atoms with Gasteiger partial charge in [-0.25, -0.2) is 9.59 Å². The zero-order valence-electron chi connectivity index (χ0n) is 31.7. The highest BCUT2D eigenvalue weighted by Crippen LogP contribution is 2.49. The number of phenolic OH excluding ortho intramolecular Hbond substituents is 12. The summed E-state index contributed by atoms with van der Waals surface area (Å²) in [5.74, 6) is -16.0. The van der Waals surface area contributed by atoms with Gasteiger partial charge in [0.05, 0.1) is 28.3 Å². The summed E-state index contributed by atoms with van der Waals surface area (Å²) >= 11 is 0. The van der Waals surface area contributed by atoms with Crippen molar-refractivity contribution < 1.29 is 94.9 Å². The number of benzene rings is 5. The van der Waals surface area contributed by atoms with E-state index in [9.17, 15) is 80.8 Å². The van der Waals surface area contributed by atoms with E-state index in [1.165, 1.54) is 6.07 Å². The number of phenols is 12. The lowest BCUT2D eigenvalue weighted by atomic mass is 9.84. The van der Waals surface area contributed by atoms with E-state index in [0.29, 0.717) is 0 Å². The first-order valence-electron chi connectivity index (χ1n) is 18.4. The Balaban J connectivity index is 1.31. The summed E-state index contributed by atoms with van der Waals surface area (Å²) in [7, 11) is 0. The number of fused-ring (bicyclic) bond motifs is 3. The summed E-state index contributed by atoms with van der Waals surface area (Å²) in [5.41, 5.74) is -2.47. The van der Waals surface area contributed by atoms with Crippen LogP contribution in [0.1, 0.15) is 54.8 Å². The second-order valence-electron chi connectivity index (χ2n) is 14.6. The maximum Gasteiger partial charge on any atom is 0.341 e. The zero-order valence-corrected chi connectivity index (χ0v) is 31.7. The molecule has 0 saturated heterocycles. The molecule has 8 rings (SSSR count). The highest BCUT2D eigenvalue weighted by Gasteiger charge is 2.41. The van der Waals surface area contributed by atoms with Crippen molar-refractivity contribution in [1.82, 2.24) is 0 Å². The van der Waals surface area contributed by atoms with Crippen LogP contribution >= 0.6 is 0 Å². The smallest absolute Gasteiger partial charge is 0.341 e. The number of carbonyl (C=O) groups excluding carboxylic acids is 2. The minimum atomic E-state index is -1.82. The lowest BCUT2D eigenvalue weighted by Crippen LogP contribution is -2.36. The van der Waals surface area contributed by atoms with Crippen LogP contribution in [0.3, 0.4) is 0 Å². The van der Waals surface area contributed by atoms with Gasteiger partial charge in [0.1, 0.15) is 34.5 Å². The molecule has 20 heteroatoms. The van der Waals surface area contributed by atoms with Crippen molar-refractivity contribution in [1.29, 1.82) is 0 Å². The first-order valence-corrected chi connectivity index (χ1v) is 18.4. The first kappa shape index (κ1) is 40.9. The Kier molecular flexibility index (Phi) is 9.77. The molecule has 63 heavy (non-hydrogen) atoms. The molecule has 0 aromatic heterocycles. The van der Waals surface area contributed by atoms with E-state index >= 15 is 0 Å². The summed E-state index contributed by atoms with van der Waals surface area (Å²) in [4.78, 5) is 41.1. The van der Waals surface area contributed by atoms with Crippen molar-refractivity contribution >= 4 is 22.7 Å². The predicted octanol–water partition coefficient (Wildman–Crippen LogP) is 4.18. The third-order valence-electron chi connectivity index (χ3n) is 10.6. The third-order valence-corrected chi connectivity index (χ3v) is 10.6. The topological polar surface area (TPSA) is 351 Å². The van der Waals surface area contributed by atoms with Crippen LogP contribution in [0.25, 0.3) is 10.8 Å². The van der Waals surface area contributed by atoms with E-state index in [0.717, 1.165) is 60.7 Å². The SMILES string of the molecule is O=C(O[C@H]1Oc2cc(O)cc(O)c2C[C@@H]1c1cc(O)c(=O)c2c(O)c(O)cc([C@@H]3Cc4c(O)cc(O)cc4O[C@H]3OC(=O)c3cc(O)c(O)c(O)c3)c2c1)c1cc(O)c(O)c(O)c1. The number of ether oxygens (including phenoxy) is 4. The molecule has 6 aromatic rings. The summed E-state index contributed by atoms with van der Waals surface area (Å²) in [6.45, 7) is 0. The molecule has 0 saturated carbocycles. The van der Waals surface area contributed by atoms with Gasteiger partial charge in [-0.05, 0) is 71.8 Å². The Morgan fingerprint density at radius 1 is 0.476 bits per heavy atom. The molecule has 20 nitrogen and oxygen atoms in total. The van der Waals surface area contributed by atoms with Gasteiger partial charge in [-0.3, -0.25) is 4.79 Å². The molecule has 324 valence electrons. The third kappa shape index (κ3) is 7.19. The molecule has 0 aliphatic carbocycles. The number of rotatable bonds is 6. The van der Waals surface area contributed by atoms with Crippen LogP contribution in [-0.2, 0) is 22.3 Å². The molecule has 0 amide bonds. The van der Waals surface area contributed by atoms with Crippen LogP contribution in [0.4, 0.5) is 0 Å². The second-order valence-corrected chi connectivity index (χ2v) is 14.6. The molecular weight excluding hydrogens is 836 g/mol. The van der Waals surface area contributed by atoms with E-state index in [-0.39, 0.29) is 52.0 Å². The monoisotopic (exact) mass is 868 g/mol. The van der Waals surface area contributed by atoms with Crippen LogP contribution in [-0.4, -0.2) is 90.9 Å². The Bertz CT molecular complexity index is 2950. The summed E-state index contributed by atoms with van der Waals surface area (Å²) in [5, 5.41) is 135. The lowest BCUT2D eigenvalue weighted by molar-refractivity contribution is -0.0713. The van der Waals surface area contributed by atoms with Gasteiger partial charge in [-0.2, -0.15) is 0 Å². The van der Waals surface area contributed by atoms with Crippen LogP contribution in [0.15, 0.2) is 71.5 Å². The Morgan fingerprint density at radius 3 is 1.38 bits per heavy atom. The second kappa shape index (κ2) is 15.0. The van der Waals surface area contributed by atoms with Gasteiger partial charge in [0.25, 0.3) is 12.6 Å². The number of aromatic hydroxyl groups is 13. The van der Waals surface area contributed by atoms with E-state index in [2.05, 4.69) is 0 Å². The van der Waals surface area contributed by atoms with Crippen LogP contribution < -0.4 is 14.9 Å². The van der Waals surface area contributed by atoms with Gasteiger partial charge >= 0.3 is 11.9 Å². The highest BCUT2D eigenvalue weighted by atomic mass is 16.7. The van der Waals surface area contributed by atoms with Crippen LogP contribution in [0.2, 0.25) is 0 Å². The molecule has 0 bridgehead atoms. The van der Waals surface area contributed by atoms with Crippen LogP contribution in [0, 0.1) is 0 Å². The largest absolute Gasteiger partial charge is 0.508 e. The fourth-order valence-corrected chi connectivity index (χ4v) is 7.59. The molecule has 2 aliphatic rings. The standard InChI is InChI=1S/C43H32O20/c44-17-7-25(46)23-11-19(42(60-33(23)9-17)62-40(58)15-3-27(48)36(54)28(49)4-15)14-1-21-20(13-32(53)39(57)35(21)38(56)31(52)2-14)22-12-24-26(47)8-18(45)10-34(24)61-43(22)63-41(59)16-5-29(50)37(55)30(51)6-16/h1-10,13,19,22,42-51,53-55,57H,11-12H2,(H,52,56)/t19-,22+,42-,43+/m1/s1. The molecule has 0 fully saturated rings. The fourth-order valence-electron chi connectivity index (χ4n) is 7.59. The quantitative estimate of drug-likeness (QED) is 0.0824. The molecule has 13 N–H and O–H groups in total. The van der Waals surface area contributed by atoms with Gasteiger partial charge < -0.3 is 85.3 Å². The van der Waals surface area contributed by atoms with E-state index in [1.807, 2.05) is 0 Å². The predicted molar refractivity (Wildman–Crippen MR) is 210 cm³/mol. The van der Waals surface area contributed by atoms with Gasteiger partial charge in [0, 0.05) is 35.4 Å². The number of hydrogen-bond acceptors (Lipinski definition) is 20. The van der Waals surface area contributed by atoms with Gasteiger partial charge in [0.15, 0.2) is 51.7 Å². The number of hydrogen-bond donors (Lipinski definition) is 13. The van der Waals surface area contributed by atoms with Gasteiger partial charge in [-0.15, -0.1) is 0 Å². The fraction of sp³-hybridized carbons (Fsp3) is 0.140. The molecule has 2 aliphatic heterocycles. The van der Waals surface area contributed by atoms with Gasteiger partial charge in [0.2, 0.25) is 5.43 Å². The number of esters is 2. The minimum Gasteiger partial charge on any atom is -0.508 e. The van der Waals surface area contributed by atoms with E-state index < -0.39 is 133 Å².